The summed E-state index contributed by atoms with van der Waals surface area (Å²) < 4.78 is 245. The lowest BCUT2D eigenvalue weighted by atomic mass is 9.34. The number of hydrogen-bond donors (Lipinski definition) is 0. The summed E-state index contributed by atoms with van der Waals surface area (Å²) in [6, 6.07) is 52.2. The van der Waals surface area contributed by atoms with Crippen molar-refractivity contribution in [2.45, 2.75) is 39.9 Å². The molecule has 474 valence electrons. The third-order valence-corrected chi connectivity index (χ3v) is 20.7. The van der Waals surface area contributed by atoms with E-state index < -0.39 is 168 Å². The van der Waals surface area contributed by atoms with Gasteiger partial charge in [-0.15, -0.1) is 0 Å². The van der Waals surface area contributed by atoms with Crippen LogP contribution < -0.4 is 16.4 Å². The number of nitrogens with zero attached hydrogens (tertiary/aromatic N) is 4. The van der Waals surface area contributed by atoms with Crippen LogP contribution in [0.4, 0.5) is 0 Å². The van der Waals surface area contributed by atoms with E-state index in [0.29, 0.717) is 104 Å². The van der Waals surface area contributed by atoms with Crippen LogP contribution in [0.15, 0.2) is 315 Å². The highest BCUT2D eigenvalue weighted by Gasteiger charge is 2.42. The molecule has 0 atom stereocenters. The number of para-hydroxylation sites is 4. The fraction of sp³-hybridized carbons (Fsp3) is 0.0625. The first-order valence-corrected chi connectivity index (χ1v) is 33.6. The highest BCUT2D eigenvalue weighted by Crippen LogP contribution is 2.48. The smallest absolute Gasteiger partial charge is 0.252 e. The quantitative estimate of drug-likeness (QED) is 0.157. The number of fused-ring (bicyclic) bond motifs is 24. The van der Waals surface area contributed by atoms with Crippen molar-refractivity contribution >= 4 is 153 Å². The highest BCUT2D eigenvalue weighted by molar-refractivity contribution is 7.00. The molecule has 0 aliphatic carbocycles. The van der Waals surface area contributed by atoms with Gasteiger partial charge in [-0.25, -0.2) is 0 Å². The van der Waals surface area contributed by atoms with Crippen LogP contribution in [0.3, 0.4) is 0 Å². The Bertz CT molecular complexity index is 8100. The minimum atomic E-state index is -3.31. The lowest BCUT2D eigenvalue weighted by Gasteiger charge is -2.38. The monoisotopic (exact) mass is 1310 g/mol. The zero-order valence-corrected chi connectivity index (χ0v) is 54.5. The second kappa shape index (κ2) is 21.5. The molecule has 0 spiro atoms. The summed E-state index contributed by atoms with van der Waals surface area (Å²) in [6.45, 7) is -1.98. The molecule has 21 rings (SSSR count). The molecule has 101 heavy (non-hydrogen) atoms. The number of rotatable bonds is 4. The van der Waals surface area contributed by atoms with Gasteiger partial charge in [0.1, 0.15) is 0 Å². The summed E-state index contributed by atoms with van der Waals surface area (Å²) in [5.74, 6) is 0. The van der Waals surface area contributed by atoms with Crippen molar-refractivity contribution in [2.75, 3.05) is 0 Å². The average molecular weight is 1310 g/mol. The van der Waals surface area contributed by atoms with Gasteiger partial charge in [0.05, 0.1) is 80.2 Å². The summed E-state index contributed by atoms with van der Waals surface area (Å²) in [5, 5.41) is 4.12. The van der Waals surface area contributed by atoms with Crippen LogP contribution in [0.2, 0.25) is 0 Å². The van der Waals surface area contributed by atoms with E-state index in [-0.39, 0.29) is 65.9 Å². The third-order valence-electron chi connectivity index (χ3n) is 20.7. The molecule has 5 heteroatoms. The van der Waals surface area contributed by atoms with Crippen LogP contribution in [0, 0.1) is 13.7 Å². The average Bonchev–Trinajstić information content (AvgIpc) is 1.65. The molecular formula is C96H67BN4. The van der Waals surface area contributed by atoms with Crippen molar-refractivity contribution in [3.05, 3.63) is 332 Å². The number of aromatic nitrogens is 4. The van der Waals surface area contributed by atoms with Gasteiger partial charge in [0, 0.05) is 73.8 Å². The standard InChI is InChI=1S/C96H67BN4/c1-58-46-50-83-77(54-58)78-55-59(2)47-51-84(78)99(83)86-53-49-80-95-90(86)74-39-19-17-33-68(74)66-31-13-15-35-70(66)76-43-25-41-64(61-28-10-7-11-29-61)93(76)101(95)88-57-62(96(3,4)5)56-87-91(88)97(80)79-48-52-85(98-81-44-22-20-36-71(81)72-37-21-23-45-82(72)98)89-73-38-18-16-32-67(73)65-30-12-14-34-69(65)75-42-24-40-63(60-26-8-6-9-27-60)92(75)100(87)94(79)89/h6-57H,1-5H3/i1D3,2D3,20D,21D,22D,23D,36D,37D,44D,45D,46D,47D,48D,49D,50D,51D,52D,53D,54D,55D. The summed E-state index contributed by atoms with van der Waals surface area (Å²) in [4.78, 5) is 0. The number of benzene rings is 15. The van der Waals surface area contributed by atoms with Gasteiger partial charge in [-0.2, -0.15) is 0 Å². The maximum absolute atomic E-state index is 11.9. The van der Waals surface area contributed by atoms with E-state index in [1.807, 2.05) is 182 Å². The molecule has 0 radical (unpaired) electrons. The molecule has 19 aromatic rings. The molecule has 15 aromatic carbocycles. The van der Waals surface area contributed by atoms with Crippen molar-refractivity contribution < 1.29 is 32.9 Å². The first kappa shape index (κ1) is 38.6. The molecule has 2 aliphatic rings. The van der Waals surface area contributed by atoms with E-state index in [2.05, 4.69) is 42.0 Å². The van der Waals surface area contributed by atoms with E-state index in [1.54, 1.807) is 12.1 Å². The second-order valence-electron chi connectivity index (χ2n) is 27.1. The Kier molecular flexibility index (Phi) is 8.24. The molecule has 0 unspecified atom stereocenters. The summed E-state index contributed by atoms with van der Waals surface area (Å²) in [5.41, 5.74) is 0.865. The fourth-order valence-electron chi connectivity index (χ4n) is 16.5. The Balaban J connectivity index is 1.15. The molecule has 6 heterocycles. The van der Waals surface area contributed by atoms with Crippen molar-refractivity contribution in [3.8, 4) is 45.0 Å². The van der Waals surface area contributed by atoms with E-state index in [9.17, 15) is 24.7 Å². The van der Waals surface area contributed by atoms with Crippen LogP contribution in [0.1, 0.15) is 70.4 Å². The highest BCUT2D eigenvalue weighted by atomic mass is 15.1. The van der Waals surface area contributed by atoms with Crippen LogP contribution in [0.25, 0.3) is 175 Å². The molecular weight excluding hydrogens is 1220 g/mol. The summed E-state index contributed by atoms with van der Waals surface area (Å²) >= 11 is 0. The van der Waals surface area contributed by atoms with E-state index in [0.717, 1.165) is 5.56 Å². The fourth-order valence-corrected chi connectivity index (χ4v) is 16.5. The van der Waals surface area contributed by atoms with Crippen LogP contribution in [-0.4, -0.2) is 25.0 Å². The Morgan fingerprint density at radius 2 is 0.673 bits per heavy atom. The Morgan fingerprint density at radius 3 is 1.09 bits per heavy atom. The maximum atomic E-state index is 11.9. The molecule has 0 N–H and O–H groups in total. The molecule has 0 amide bonds. The van der Waals surface area contributed by atoms with Crippen LogP contribution >= 0.6 is 0 Å². The van der Waals surface area contributed by atoms with Crippen LogP contribution in [0.5, 0.6) is 0 Å². The van der Waals surface area contributed by atoms with Gasteiger partial charge in [0.15, 0.2) is 0 Å². The maximum Gasteiger partial charge on any atom is 0.252 e. The van der Waals surface area contributed by atoms with E-state index in [1.165, 1.54) is 9.13 Å². The molecule has 0 saturated heterocycles. The van der Waals surface area contributed by atoms with Gasteiger partial charge in [-0.05, 0) is 156 Å². The first-order valence-electron chi connectivity index (χ1n) is 45.6. The minimum Gasteiger partial charge on any atom is -0.309 e. The first-order chi connectivity index (χ1) is 59.6. The molecule has 4 nitrogen and oxygen atoms in total. The third kappa shape index (κ3) is 8.20. The predicted molar refractivity (Wildman–Crippen MR) is 433 cm³/mol. The Hall–Kier alpha value is -12.4. The SMILES string of the molecule is [2H]c1c([2H])c2c3c(c1-n1c4c([2H])c([2H])c([2H])c([2H])c4c4c([2H])c([2H])c([2H])c([2H])c41)c1ccccc1c1ccccc1c1cccc(-c4ccccc4)c1n3-c1cc(C(C)(C)C)cc3c1B2c1c([2H])c([2H])c(-n2c4c([2H])c([2H])c(C([2H])([2H])[2H])c([2H])c4c4c([2H])c(C([2H])([2H])[2H])c([2H])c([2H])c42)c2c4ccccc4c4ccccc4c4cccc(-c5ccccc5)c4n-3c12. The Morgan fingerprint density at radius 1 is 0.307 bits per heavy atom. The van der Waals surface area contributed by atoms with Crippen molar-refractivity contribution in [1.82, 2.24) is 18.3 Å². The second-order valence-corrected chi connectivity index (χ2v) is 27.1. The molecule has 2 aliphatic heterocycles. The lowest BCUT2D eigenvalue weighted by Crippen LogP contribution is -2.60. The van der Waals surface area contributed by atoms with Gasteiger partial charge in [-0.3, -0.25) is 0 Å². The number of hydrogen-bond acceptors (Lipinski definition) is 0. The summed E-state index contributed by atoms with van der Waals surface area (Å²) in [7, 11) is 0. The normalized spacial score (nSPS) is 16.2. The van der Waals surface area contributed by atoms with Gasteiger partial charge in [0.2, 0.25) is 0 Å². The van der Waals surface area contributed by atoms with Crippen molar-refractivity contribution in [1.29, 1.82) is 0 Å². The summed E-state index contributed by atoms with van der Waals surface area (Å²) in [6.07, 6.45) is 0. The zero-order chi connectivity index (χ0) is 87.8. The lowest BCUT2D eigenvalue weighted by molar-refractivity contribution is 0.589. The van der Waals surface area contributed by atoms with Crippen molar-refractivity contribution in [2.24, 2.45) is 0 Å². The molecule has 4 aromatic heterocycles. The van der Waals surface area contributed by atoms with Gasteiger partial charge in [-0.1, -0.05) is 286 Å². The van der Waals surface area contributed by atoms with Gasteiger partial charge < -0.3 is 18.3 Å². The molecule has 0 bridgehead atoms. The molecule has 0 saturated carbocycles. The predicted octanol–water partition coefficient (Wildman–Crippen LogP) is 23.3. The van der Waals surface area contributed by atoms with E-state index >= 15 is 0 Å². The Labute approximate surface area is 618 Å². The molecule has 0 fully saturated rings. The van der Waals surface area contributed by atoms with Crippen molar-refractivity contribution in [3.63, 3.8) is 0 Å². The van der Waals surface area contributed by atoms with Crippen LogP contribution in [-0.2, 0) is 5.41 Å². The topological polar surface area (TPSA) is 19.7 Å². The minimum absolute atomic E-state index is 0.00764. The van der Waals surface area contributed by atoms with E-state index in [4.69, 9.17) is 8.22 Å². The van der Waals surface area contributed by atoms with Gasteiger partial charge in [0.25, 0.3) is 6.71 Å². The van der Waals surface area contributed by atoms with Gasteiger partial charge >= 0.3 is 0 Å². The largest absolute Gasteiger partial charge is 0.309 e. The zero-order valence-electron chi connectivity index (χ0n) is 78.5.